The minimum Gasteiger partial charge on any atom is -0.497 e. The van der Waals surface area contributed by atoms with Crippen molar-refractivity contribution < 1.29 is 9.53 Å². The molecule has 6 nitrogen and oxygen atoms in total. The zero-order valence-electron chi connectivity index (χ0n) is 13.4. The van der Waals surface area contributed by atoms with Crippen LogP contribution in [0.4, 0.5) is 0 Å². The molecule has 1 N–H and O–H groups in total. The van der Waals surface area contributed by atoms with Gasteiger partial charge in [-0.3, -0.25) is 14.0 Å². The Morgan fingerprint density at radius 3 is 3.00 bits per heavy atom. The Hall–Kier alpha value is -2.67. The maximum absolute atomic E-state index is 12.2. The Kier molecular flexibility index (Phi) is 4.61. The Bertz CT molecular complexity index is 946. The van der Waals surface area contributed by atoms with E-state index in [2.05, 4.69) is 10.3 Å². The molecule has 3 rings (SSSR count). The van der Waals surface area contributed by atoms with Crippen molar-refractivity contribution in [1.82, 2.24) is 14.7 Å². The monoisotopic (exact) mass is 343 g/mol. The van der Waals surface area contributed by atoms with Crippen LogP contribution in [0.25, 0.3) is 4.96 Å². The van der Waals surface area contributed by atoms with E-state index < -0.39 is 0 Å². The van der Waals surface area contributed by atoms with Gasteiger partial charge in [-0.25, -0.2) is 4.98 Å². The molecule has 0 fully saturated rings. The number of hydrogen-bond donors (Lipinski definition) is 1. The largest absolute Gasteiger partial charge is 0.497 e. The Morgan fingerprint density at radius 1 is 1.38 bits per heavy atom. The summed E-state index contributed by atoms with van der Waals surface area (Å²) in [5.74, 6) is 0.467. The number of ether oxygens (including phenoxy) is 1. The van der Waals surface area contributed by atoms with E-state index in [1.165, 1.54) is 17.4 Å². The Morgan fingerprint density at radius 2 is 2.21 bits per heavy atom. The van der Waals surface area contributed by atoms with Gasteiger partial charge in [0.25, 0.3) is 11.5 Å². The second kappa shape index (κ2) is 6.84. The van der Waals surface area contributed by atoms with Crippen molar-refractivity contribution in [1.29, 1.82) is 0 Å². The average Bonchev–Trinajstić information content (AvgIpc) is 2.98. The molecule has 0 saturated carbocycles. The van der Waals surface area contributed by atoms with Gasteiger partial charge in [0.1, 0.15) is 5.75 Å². The molecule has 0 saturated heterocycles. The number of methoxy groups -OCH3 is 1. The highest BCUT2D eigenvalue weighted by atomic mass is 32.1. The van der Waals surface area contributed by atoms with E-state index in [1.807, 2.05) is 5.38 Å². The molecule has 2 aromatic heterocycles. The van der Waals surface area contributed by atoms with Crippen LogP contribution in [0.1, 0.15) is 21.7 Å². The third-order valence-electron chi connectivity index (χ3n) is 3.60. The lowest BCUT2D eigenvalue weighted by Crippen LogP contribution is -2.26. The van der Waals surface area contributed by atoms with Gasteiger partial charge in [0.2, 0.25) is 0 Å². The van der Waals surface area contributed by atoms with E-state index in [9.17, 15) is 9.59 Å². The van der Waals surface area contributed by atoms with Crippen molar-refractivity contribution in [2.24, 2.45) is 0 Å². The van der Waals surface area contributed by atoms with Crippen molar-refractivity contribution >= 4 is 22.2 Å². The van der Waals surface area contributed by atoms with E-state index in [0.717, 1.165) is 5.69 Å². The number of nitrogens with one attached hydrogen (secondary N) is 1. The molecule has 2 heterocycles. The molecule has 0 aliphatic carbocycles. The lowest BCUT2D eigenvalue weighted by atomic mass is 10.2. The maximum Gasteiger partial charge on any atom is 0.258 e. The number of carbonyl (C=O) groups is 1. The van der Waals surface area contributed by atoms with Gasteiger partial charge < -0.3 is 10.1 Å². The quantitative estimate of drug-likeness (QED) is 0.769. The number of thiazole rings is 1. The van der Waals surface area contributed by atoms with Crippen molar-refractivity contribution in [2.45, 2.75) is 13.3 Å². The summed E-state index contributed by atoms with van der Waals surface area (Å²) < 4.78 is 6.71. The molecular weight excluding hydrogens is 326 g/mol. The zero-order valence-corrected chi connectivity index (χ0v) is 14.2. The van der Waals surface area contributed by atoms with E-state index in [-0.39, 0.29) is 11.5 Å². The van der Waals surface area contributed by atoms with E-state index in [0.29, 0.717) is 34.9 Å². The summed E-state index contributed by atoms with van der Waals surface area (Å²) in [6.45, 7) is 2.23. The van der Waals surface area contributed by atoms with Crippen molar-refractivity contribution in [3.05, 3.63) is 63.0 Å². The molecule has 0 aliphatic rings. The first-order valence-electron chi connectivity index (χ1n) is 7.47. The second-order valence-electron chi connectivity index (χ2n) is 5.32. The minimum absolute atomic E-state index is 0.0899. The van der Waals surface area contributed by atoms with Gasteiger partial charge in [0.15, 0.2) is 4.96 Å². The van der Waals surface area contributed by atoms with Gasteiger partial charge in [-0.05, 0) is 25.1 Å². The first-order valence-corrected chi connectivity index (χ1v) is 8.35. The van der Waals surface area contributed by atoms with Crippen LogP contribution in [0, 0.1) is 6.92 Å². The van der Waals surface area contributed by atoms with Gasteiger partial charge in [0, 0.05) is 41.4 Å². The molecular formula is C17H17N3O3S. The number of benzene rings is 1. The molecule has 1 aromatic carbocycles. The molecule has 124 valence electrons. The van der Waals surface area contributed by atoms with Crippen LogP contribution in [0.2, 0.25) is 0 Å². The third kappa shape index (κ3) is 3.30. The summed E-state index contributed by atoms with van der Waals surface area (Å²) in [6, 6.07) is 8.49. The molecule has 1 amide bonds. The molecule has 0 atom stereocenters. The number of fused-ring (bicyclic) bond motifs is 1. The minimum atomic E-state index is -0.172. The SMILES string of the molecule is COc1cccc(C(=O)NCCc2csc3nc(C)cc(=O)n23)c1. The summed E-state index contributed by atoms with van der Waals surface area (Å²) in [5, 5.41) is 4.76. The smallest absolute Gasteiger partial charge is 0.258 e. The Labute approximate surface area is 142 Å². The van der Waals surface area contributed by atoms with Crippen molar-refractivity contribution in [2.75, 3.05) is 13.7 Å². The van der Waals surface area contributed by atoms with Crippen LogP contribution in [-0.2, 0) is 6.42 Å². The normalized spacial score (nSPS) is 10.8. The highest BCUT2D eigenvalue weighted by Crippen LogP contribution is 2.14. The molecule has 0 bridgehead atoms. The predicted octanol–water partition coefficient (Wildman–Crippen LogP) is 2.05. The second-order valence-corrected chi connectivity index (χ2v) is 6.16. The molecule has 0 aliphatic heterocycles. The number of hydrogen-bond acceptors (Lipinski definition) is 5. The molecule has 0 radical (unpaired) electrons. The molecule has 24 heavy (non-hydrogen) atoms. The molecule has 3 aromatic rings. The van der Waals surface area contributed by atoms with Crippen LogP contribution >= 0.6 is 11.3 Å². The highest BCUT2D eigenvalue weighted by molar-refractivity contribution is 7.15. The van der Waals surface area contributed by atoms with Crippen LogP contribution in [0.5, 0.6) is 5.75 Å². The fourth-order valence-corrected chi connectivity index (χ4v) is 3.40. The van der Waals surface area contributed by atoms with E-state index in [1.54, 1.807) is 42.7 Å². The zero-order chi connectivity index (χ0) is 17.1. The van der Waals surface area contributed by atoms with Gasteiger partial charge in [-0.2, -0.15) is 0 Å². The lowest BCUT2D eigenvalue weighted by Gasteiger charge is -2.07. The molecule has 0 spiro atoms. The van der Waals surface area contributed by atoms with Crippen LogP contribution in [0.3, 0.4) is 0 Å². The van der Waals surface area contributed by atoms with Crippen LogP contribution in [-0.4, -0.2) is 28.9 Å². The maximum atomic E-state index is 12.2. The first-order chi connectivity index (χ1) is 11.6. The number of amides is 1. The molecule has 0 unspecified atom stereocenters. The van der Waals surface area contributed by atoms with Gasteiger partial charge >= 0.3 is 0 Å². The summed E-state index contributed by atoms with van der Waals surface area (Å²) in [7, 11) is 1.56. The summed E-state index contributed by atoms with van der Waals surface area (Å²) in [5.41, 5.74) is 2.00. The fraction of sp³-hybridized carbons (Fsp3) is 0.235. The van der Waals surface area contributed by atoms with Gasteiger partial charge in [0.05, 0.1) is 7.11 Å². The number of aryl methyl sites for hydroxylation is 1. The first kappa shape index (κ1) is 16.2. The Balaban J connectivity index is 1.68. The lowest BCUT2D eigenvalue weighted by molar-refractivity contribution is 0.0953. The number of rotatable bonds is 5. The molecule has 7 heteroatoms. The van der Waals surface area contributed by atoms with E-state index in [4.69, 9.17) is 4.74 Å². The van der Waals surface area contributed by atoms with Crippen molar-refractivity contribution in [3.8, 4) is 5.75 Å². The average molecular weight is 343 g/mol. The highest BCUT2D eigenvalue weighted by Gasteiger charge is 2.09. The summed E-state index contributed by atoms with van der Waals surface area (Å²) >= 11 is 1.43. The number of aromatic nitrogens is 2. The van der Waals surface area contributed by atoms with Gasteiger partial charge in [-0.1, -0.05) is 6.07 Å². The van der Waals surface area contributed by atoms with E-state index >= 15 is 0 Å². The summed E-state index contributed by atoms with van der Waals surface area (Å²) in [6.07, 6.45) is 0.556. The number of carbonyl (C=O) groups excluding carboxylic acids is 1. The number of nitrogens with zero attached hydrogens (tertiary/aromatic N) is 2. The fourth-order valence-electron chi connectivity index (χ4n) is 2.43. The predicted molar refractivity (Wildman–Crippen MR) is 93.1 cm³/mol. The standard InChI is InChI=1S/C17H17N3O3S/c1-11-8-15(21)20-13(10-24-17(20)19-11)6-7-18-16(22)12-4-3-5-14(9-12)23-2/h3-5,8-10H,6-7H2,1-2H3,(H,18,22). The van der Waals surface area contributed by atoms with Gasteiger partial charge in [-0.15, -0.1) is 11.3 Å². The van der Waals surface area contributed by atoms with Crippen LogP contribution < -0.4 is 15.6 Å². The summed E-state index contributed by atoms with van der Waals surface area (Å²) in [4.78, 5) is 29.3. The van der Waals surface area contributed by atoms with Crippen LogP contribution in [0.15, 0.2) is 40.5 Å². The van der Waals surface area contributed by atoms with Crippen molar-refractivity contribution in [3.63, 3.8) is 0 Å². The topological polar surface area (TPSA) is 72.7 Å². The third-order valence-corrected chi connectivity index (χ3v) is 4.48.